The van der Waals surface area contributed by atoms with E-state index in [-0.39, 0.29) is 4.90 Å². The molecule has 0 saturated carbocycles. The molecule has 24 heavy (non-hydrogen) atoms. The second-order valence-electron chi connectivity index (χ2n) is 5.57. The molecule has 0 radical (unpaired) electrons. The average molecular weight is 346 g/mol. The number of aryl methyl sites for hydroxylation is 3. The van der Waals surface area contributed by atoms with E-state index < -0.39 is 10.0 Å². The number of nitrogens with one attached hydrogen (secondary N) is 1. The van der Waals surface area contributed by atoms with Crippen molar-refractivity contribution in [1.29, 1.82) is 0 Å². The lowest BCUT2D eigenvalue weighted by Crippen LogP contribution is -2.18. The molecule has 0 unspecified atom stereocenters. The fourth-order valence-electron chi connectivity index (χ4n) is 2.49. The van der Waals surface area contributed by atoms with Gasteiger partial charge in [0.2, 0.25) is 0 Å². The SMILES string of the molecule is CCOc1ccc(S(=O)(=O)N/N=C\c2c(C)cc(C)cc2C)cc1. The average Bonchev–Trinajstić information content (AvgIpc) is 2.51. The van der Waals surface area contributed by atoms with Crippen LogP contribution in [-0.2, 0) is 10.0 Å². The number of hydrogen-bond donors (Lipinski definition) is 1. The zero-order chi connectivity index (χ0) is 17.7. The van der Waals surface area contributed by atoms with E-state index in [1.807, 2.05) is 39.8 Å². The van der Waals surface area contributed by atoms with Crippen molar-refractivity contribution < 1.29 is 13.2 Å². The summed E-state index contributed by atoms with van der Waals surface area (Å²) in [6.45, 7) is 8.38. The summed E-state index contributed by atoms with van der Waals surface area (Å²) in [6.07, 6.45) is 1.54. The third-order valence-electron chi connectivity index (χ3n) is 3.55. The molecule has 0 aliphatic carbocycles. The highest BCUT2D eigenvalue weighted by Gasteiger charge is 2.12. The number of nitrogens with zero attached hydrogens (tertiary/aromatic N) is 1. The molecule has 0 amide bonds. The lowest BCUT2D eigenvalue weighted by atomic mass is 10.0. The van der Waals surface area contributed by atoms with Gasteiger partial charge in [-0.1, -0.05) is 17.7 Å². The summed E-state index contributed by atoms with van der Waals surface area (Å²) in [4.78, 5) is 2.38. The third kappa shape index (κ3) is 4.35. The maximum absolute atomic E-state index is 12.2. The number of rotatable bonds is 6. The Hall–Kier alpha value is -2.34. The molecule has 0 bridgehead atoms. The Bertz CT molecular complexity index is 818. The predicted octanol–water partition coefficient (Wildman–Crippen LogP) is 3.32. The van der Waals surface area contributed by atoms with E-state index in [2.05, 4.69) is 9.93 Å². The largest absolute Gasteiger partial charge is 0.494 e. The molecule has 6 heteroatoms. The van der Waals surface area contributed by atoms with Gasteiger partial charge in [-0.2, -0.15) is 13.5 Å². The molecule has 0 heterocycles. The molecule has 2 aromatic carbocycles. The summed E-state index contributed by atoms with van der Waals surface area (Å²) in [7, 11) is -3.70. The van der Waals surface area contributed by atoms with Gasteiger partial charge >= 0.3 is 0 Å². The standard InChI is InChI=1S/C18H22N2O3S/c1-5-23-16-6-8-17(9-7-16)24(21,22)20-19-12-18-14(3)10-13(2)11-15(18)4/h6-12,20H,5H2,1-4H3/b19-12-. The van der Waals surface area contributed by atoms with Crippen molar-refractivity contribution >= 4 is 16.2 Å². The number of benzene rings is 2. The lowest BCUT2D eigenvalue weighted by Gasteiger charge is -2.08. The quantitative estimate of drug-likeness (QED) is 0.644. The van der Waals surface area contributed by atoms with Gasteiger partial charge in [0.25, 0.3) is 10.0 Å². The van der Waals surface area contributed by atoms with Gasteiger partial charge in [0.15, 0.2) is 0 Å². The Morgan fingerprint density at radius 1 is 1.08 bits per heavy atom. The molecule has 0 saturated heterocycles. The molecular weight excluding hydrogens is 324 g/mol. The first-order valence-corrected chi connectivity index (χ1v) is 9.17. The van der Waals surface area contributed by atoms with Crippen molar-refractivity contribution in [3.8, 4) is 5.75 Å². The minimum absolute atomic E-state index is 0.139. The van der Waals surface area contributed by atoms with E-state index in [4.69, 9.17) is 4.74 Å². The van der Waals surface area contributed by atoms with Crippen LogP contribution in [0.4, 0.5) is 0 Å². The van der Waals surface area contributed by atoms with E-state index in [0.29, 0.717) is 12.4 Å². The van der Waals surface area contributed by atoms with Crippen LogP contribution in [0, 0.1) is 20.8 Å². The number of hydrazone groups is 1. The Kier molecular flexibility index (Phi) is 5.62. The van der Waals surface area contributed by atoms with Crippen LogP contribution >= 0.6 is 0 Å². The number of hydrogen-bond acceptors (Lipinski definition) is 4. The van der Waals surface area contributed by atoms with Crippen molar-refractivity contribution in [3.63, 3.8) is 0 Å². The molecule has 0 spiro atoms. The van der Waals surface area contributed by atoms with Crippen LogP contribution in [0.15, 0.2) is 46.4 Å². The smallest absolute Gasteiger partial charge is 0.276 e. The predicted molar refractivity (Wildman–Crippen MR) is 96.2 cm³/mol. The van der Waals surface area contributed by atoms with Crippen molar-refractivity contribution in [2.24, 2.45) is 5.10 Å². The summed E-state index contributed by atoms with van der Waals surface area (Å²) in [5.41, 5.74) is 4.18. The van der Waals surface area contributed by atoms with E-state index in [1.165, 1.54) is 18.3 Å². The van der Waals surface area contributed by atoms with Gasteiger partial charge in [-0.3, -0.25) is 0 Å². The van der Waals surface area contributed by atoms with Gasteiger partial charge in [0.05, 0.1) is 17.7 Å². The van der Waals surface area contributed by atoms with E-state index in [9.17, 15) is 8.42 Å². The zero-order valence-corrected chi connectivity index (χ0v) is 15.1. The molecule has 0 aromatic heterocycles. The van der Waals surface area contributed by atoms with Crippen LogP contribution in [0.1, 0.15) is 29.2 Å². The zero-order valence-electron chi connectivity index (χ0n) is 14.3. The van der Waals surface area contributed by atoms with Gasteiger partial charge in [-0.15, -0.1) is 0 Å². The molecule has 5 nitrogen and oxygen atoms in total. The van der Waals surface area contributed by atoms with Crippen LogP contribution in [0.2, 0.25) is 0 Å². The van der Waals surface area contributed by atoms with E-state index in [1.54, 1.807) is 12.1 Å². The Labute approximate surface area is 143 Å². The molecule has 128 valence electrons. The monoisotopic (exact) mass is 346 g/mol. The number of ether oxygens (including phenoxy) is 1. The van der Waals surface area contributed by atoms with Crippen LogP contribution in [0.5, 0.6) is 5.75 Å². The minimum Gasteiger partial charge on any atom is -0.494 e. The van der Waals surface area contributed by atoms with Gasteiger partial charge in [0.1, 0.15) is 5.75 Å². The van der Waals surface area contributed by atoms with Crippen LogP contribution < -0.4 is 9.57 Å². The topological polar surface area (TPSA) is 67.8 Å². The Morgan fingerprint density at radius 2 is 1.67 bits per heavy atom. The molecule has 2 aromatic rings. The first kappa shape index (κ1) is 18.0. The van der Waals surface area contributed by atoms with Gasteiger partial charge in [0, 0.05) is 5.56 Å². The van der Waals surface area contributed by atoms with Crippen LogP contribution in [0.25, 0.3) is 0 Å². The maximum Gasteiger partial charge on any atom is 0.276 e. The molecule has 0 aliphatic rings. The Balaban J connectivity index is 2.15. The van der Waals surface area contributed by atoms with Crippen molar-refractivity contribution in [1.82, 2.24) is 4.83 Å². The summed E-state index contributed by atoms with van der Waals surface area (Å²) < 4.78 is 29.8. The van der Waals surface area contributed by atoms with Crippen molar-refractivity contribution in [2.45, 2.75) is 32.6 Å². The highest BCUT2D eigenvalue weighted by Crippen LogP contribution is 2.16. The second-order valence-corrected chi connectivity index (χ2v) is 7.23. The fourth-order valence-corrected chi connectivity index (χ4v) is 3.28. The van der Waals surface area contributed by atoms with Gasteiger partial charge < -0.3 is 4.74 Å². The van der Waals surface area contributed by atoms with Crippen LogP contribution in [0.3, 0.4) is 0 Å². The Morgan fingerprint density at radius 3 is 2.21 bits per heavy atom. The van der Waals surface area contributed by atoms with E-state index in [0.717, 1.165) is 22.3 Å². The number of sulfonamides is 1. The highest BCUT2D eigenvalue weighted by molar-refractivity contribution is 7.89. The molecule has 2 rings (SSSR count). The minimum atomic E-state index is -3.70. The lowest BCUT2D eigenvalue weighted by molar-refractivity contribution is 0.340. The molecule has 0 aliphatic heterocycles. The normalized spacial score (nSPS) is 11.7. The molecule has 0 fully saturated rings. The van der Waals surface area contributed by atoms with Gasteiger partial charge in [-0.05, 0) is 63.1 Å². The summed E-state index contributed by atoms with van der Waals surface area (Å²) in [5, 5.41) is 3.91. The van der Waals surface area contributed by atoms with Crippen molar-refractivity contribution in [3.05, 3.63) is 58.7 Å². The highest BCUT2D eigenvalue weighted by atomic mass is 32.2. The third-order valence-corrected chi connectivity index (χ3v) is 4.79. The first-order valence-electron chi connectivity index (χ1n) is 7.69. The summed E-state index contributed by atoms with van der Waals surface area (Å²) in [5.74, 6) is 0.630. The molecule has 0 atom stereocenters. The van der Waals surface area contributed by atoms with E-state index >= 15 is 0 Å². The molecule has 1 N–H and O–H groups in total. The van der Waals surface area contributed by atoms with Gasteiger partial charge in [-0.25, -0.2) is 4.83 Å². The maximum atomic E-state index is 12.2. The summed E-state index contributed by atoms with van der Waals surface area (Å²) in [6, 6.07) is 10.3. The van der Waals surface area contributed by atoms with Crippen molar-refractivity contribution in [2.75, 3.05) is 6.61 Å². The first-order chi connectivity index (χ1) is 11.3. The van der Waals surface area contributed by atoms with Crippen LogP contribution in [-0.4, -0.2) is 21.2 Å². The fraction of sp³-hybridized carbons (Fsp3) is 0.278. The molecular formula is C18H22N2O3S. The summed E-state index contributed by atoms with van der Waals surface area (Å²) >= 11 is 0. The second kappa shape index (κ2) is 7.49.